The summed E-state index contributed by atoms with van der Waals surface area (Å²) in [6.45, 7) is 11.0. The topological polar surface area (TPSA) is 49.9 Å². The molecule has 0 aromatic rings. The summed E-state index contributed by atoms with van der Waals surface area (Å²) in [5.74, 6) is -1.14. The second kappa shape index (κ2) is 12.5. The van der Waals surface area contributed by atoms with Crippen LogP contribution >= 0.6 is 29.1 Å². The average Bonchev–Trinajstić information content (AvgIpc) is 2.69. The summed E-state index contributed by atoms with van der Waals surface area (Å²) < 4.78 is 8.65. The summed E-state index contributed by atoms with van der Waals surface area (Å²) in [6.07, 6.45) is 6.71. The first-order chi connectivity index (χ1) is 13.3. The molecule has 1 aliphatic carbocycles. The fraction of sp³-hybridized carbons (Fsp3) is 0.842. The molecule has 0 radical (unpaired) electrons. The van der Waals surface area contributed by atoms with E-state index in [-0.39, 0.29) is 11.9 Å². The van der Waals surface area contributed by atoms with Crippen LogP contribution in [0.5, 0.6) is 0 Å². The molecule has 0 aliphatic heterocycles. The lowest BCUT2D eigenvalue weighted by molar-refractivity contribution is -0.157. The summed E-state index contributed by atoms with van der Waals surface area (Å²) in [5.41, 5.74) is -2.64. The number of hydrogen-bond donors (Lipinski definition) is 0. The van der Waals surface area contributed by atoms with Crippen molar-refractivity contribution in [2.75, 3.05) is 19.7 Å². The molecule has 1 amide bonds. The third kappa shape index (κ3) is 6.41. The van der Waals surface area contributed by atoms with Crippen molar-refractivity contribution in [1.29, 1.82) is 0 Å². The van der Waals surface area contributed by atoms with E-state index in [4.69, 9.17) is 28.8 Å². The molecule has 1 fully saturated rings. The highest BCUT2D eigenvalue weighted by Crippen LogP contribution is 2.67. The van der Waals surface area contributed by atoms with Gasteiger partial charge < -0.3 is 9.41 Å². The van der Waals surface area contributed by atoms with Gasteiger partial charge in [0.15, 0.2) is 5.54 Å². The molecule has 0 bridgehead atoms. The van der Waals surface area contributed by atoms with Crippen LogP contribution in [0.3, 0.4) is 0 Å². The fourth-order valence-corrected chi connectivity index (χ4v) is 13.1. The second-order valence-corrected chi connectivity index (χ2v) is 14.7. The molecule has 5 nitrogen and oxygen atoms in total. The SMILES string of the molecule is CCOC(=O)C(=O)N(CC)P(=S)(SC(C)CC)N(CC)C(=S)C1CCCCC1. The largest absolute Gasteiger partial charge is 0.459 e. The molecule has 28 heavy (non-hydrogen) atoms. The number of carbonyl (C=O) groups is 2. The summed E-state index contributed by atoms with van der Waals surface area (Å²) in [6, 6.07) is 0. The quantitative estimate of drug-likeness (QED) is 0.196. The normalized spacial score (nSPS) is 18.0. The lowest BCUT2D eigenvalue weighted by Gasteiger charge is -2.44. The predicted octanol–water partition coefficient (Wildman–Crippen LogP) is 5.38. The van der Waals surface area contributed by atoms with E-state index in [1.54, 1.807) is 23.0 Å². The first kappa shape index (κ1) is 25.9. The van der Waals surface area contributed by atoms with E-state index < -0.39 is 17.4 Å². The zero-order chi connectivity index (χ0) is 21.3. The molecule has 2 unspecified atom stereocenters. The van der Waals surface area contributed by atoms with Crippen LogP contribution in [0, 0.1) is 5.92 Å². The number of amides is 1. The third-order valence-corrected chi connectivity index (χ3v) is 13.9. The third-order valence-electron chi connectivity index (χ3n) is 4.99. The van der Waals surface area contributed by atoms with Crippen molar-refractivity contribution < 1.29 is 14.3 Å². The van der Waals surface area contributed by atoms with Gasteiger partial charge in [0.1, 0.15) is 0 Å². The Bertz CT molecular complexity index is 597. The number of nitrogens with zero attached hydrogens (tertiary/aromatic N) is 2. The van der Waals surface area contributed by atoms with E-state index in [1.165, 1.54) is 19.3 Å². The second-order valence-electron chi connectivity index (χ2n) is 6.95. The van der Waals surface area contributed by atoms with E-state index >= 15 is 0 Å². The standard InChI is InChI=1S/C19H35N2O3PS3/c1-6-15(5)28-25(27,20(7-2)17(22)19(23)24-9-4)21(8-3)18(26)16-13-11-10-12-14-16/h15-16H,6-14H2,1-5H3. The van der Waals surface area contributed by atoms with Crippen molar-refractivity contribution >= 4 is 57.8 Å². The van der Waals surface area contributed by atoms with Crippen LogP contribution in [0.2, 0.25) is 0 Å². The van der Waals surface area contributed by atoms with Crippen molar-refractivity contribution in [3.8, 4) is 0 Å². The Morgan fingerprint density at radius 1 is 1.11 bits per heavy atom. The van der Waals surface area contributed by atoms with Crippen molar-refractivity contribution in [3.63, 3.8) is 0 Å². The highest BCUT2D eigenvalue weighted by Gasteiger charge is 2.41. The highest BCUT2D eigenvalue weighted by atomic mass is 32.9. The van der Waals surface area contributed by atoms with Gasteiger partial charge in [-0.25, -0.2) is 4.79 Å². The van der Waals surface area contributed by atoms with Crippen LogP contribution in [0.1, 0.15) is 73.1 Å². The molecule has 162 valence electrons. The van der Waals surface area contributed by atoms with E-state index in [2.05, 4.69) is 18.5 Å². The van der Waals surface area contributed by atoms with E-state index in [9.17, 15) is 9.59 Å². The number of esters is 1. The number of rotatable bonds is 9. The fourth-order valence-electron chi connectivity index (χ4n) is 3.31. The molecule has 1 rings (SSSR count). The number of likely N-dealkylation sites (N-methyl/N-ethyl adjacent to an activating group) is 1. The Kier molecular flexibility index (Phi) is 11.6. The van der Waals surface area contributed by atoms with Gasteiger partial charge in [0.05, 0.1) is 11.6 Å². The van der Waals surface area contributed by atoms with Gasteiger partial charge in [-0.2, -0.15) is 0 Å². The molecular weight excluding hydrogens is 431 g/mol. The number of carbonyl (C=O) groups excluding carboxylic acids is 2. The molecule has 1 saturated carbocycles. The molecule has 9 heteroatoms. The van der Waals surface area contributed by atoms with Crippen LogP contribution in [0.15, 0.2) is 0 Å². The summed E-state index contributed by atoms with van der Waals surface area (Å²) in [4.78, 5) is 26.0. The van der Waals surface area contributed by atoms with E-state index in [0.717, 1.165) is 24.3 Å². The number of thiocarbonyl (C=S) groups is 1. The van der Waals surface area contributed by atoms with Crippen LogP contribution in [-0.4, -0.2) is 51.2 Å². The van der Waals surface area contributed by atoms with Gasteiger partial charge in [0, 0.05) is 24.3 Å². The molecular formula is C19H35N2O3PS3. The molecule has 0 aromatic carbocycles. The van der Waals surface area contributed by atoms with Gasteiger partial charge in [0.25, 0.3) is 0 Å². The number of hydrogen-bond acceptors (Lipinski definition) is 6. The maximum Gasteiger partial charge on any atom is 0.397 e. The van der Waals surface area contributed by atoms with Crippen molar-refractivity contribution in [2.45, 2.75) is 78.4 Å². The average molecular weight is 467 g/mol. The van der Waals surface area contributed by atoms with Gasteiger partial charge >= 0.3 is 11.9 Å². The zero-order valence-corrected chi connectivity index (χ0v) is 21.2. The summed E-state index contributed by atoms with van der Waals surface area (Å²) >= 11 is 13.8. The monoisotopic (exact) mass is 466 g/mol. The Balaban J connectivity index is 3.31. The molecule has 1 aliphatic rings. The van der Waals surface area contributed by atoms with Crippen LogP contribution < -0.4 is 0 Å². The zero-order valence-electron chi connectivity index (χ0n) is 17.8. The number of ether oxygens (including phenoxy) is 1. The van der Waals surface area contributed by atoms with Crippen LogP contribution in [0.4, 0.5) is 0 Å². The van der Waals surface area contributed by atoms with E-state index in [1.807, 2.05) is 13.8 Å². The minimum atomic E-state index is -2.64. The maximum atomic E-state index is 12.9. The Morgan fingerprint density at radius 2 is 1.68 bits per heavy atom. The van der Waals surface area contributed by atoms with Gasteiger partial charge in [-0.3, -0.25) is 9.46 Å². The van der Waals surface area contributed by atoms with Gasteiger partial charge in [0.2, 0.25) is 0 Å². The molecule has 0 aromatic heterocycles. The molecule has 0 spiro atoms. The van der Waals surface area contributed by atoms with Crippen molar-refractivity contribution in [1.82, 2.24) is 9.34 Å². The lowest BCUT2D eigenvalue weighted by Crippen LogP contribution is -2.42. The smallest absolute Gasteiger partial charge is 0.397 e. The molecule has 0 heterocycles. The maximum absolute atomic E-state index is 12.9. The van der Waals surface area contributed by atoms with Crippen LogP contribution in [0.25, 0.3) is 0 Å². The lowest BCUT2D eigenvalue weighted by atomic mass is 9.89. The Morgan fingerprint density at radius 3 is 2.14 bits per heavy atom. The minimum Gasteiger partial charge on any atom is -0.459 e. The predicted molar refractivity (Wildman–Crippen MR) is 127 cm³/mol. The van der Waals surface area contributed by atoms with Crippen molar-refractivity contribution in [3.05, 3.63) is 0 Å². The minimum absolute atomic E-state index is 0.168. The first-order valence-corrected chi connectivity index (χ1v) is 15.0. The van der Waals surface area contributed by atoms with Gasteiger partial charge in [-0.1, -0.05) is 56.7 Å². The first-order valence-electron chi connectivity index (χ1n) is 10.4. The molecule has 0 N–H and O–H groups in total. The molecule has 0 saturated heterocycles. The summed E-state index contributed by atoms with van der Waals surface area (Å²) in [7, 11) is 0. The van der Waals surface area contributed by atoms with E-state index in [0.29, 0.717) is 19.0 Å². The highest BCUT2D eigenvalue weighted by molar-refractivity contribution is 8.69. The van der Waals surface area contributed by atoms with Gasteiger partial charge in [-0.15, -0.1) is 0 Å². The Labute approximate surface area is 185 Å². The van der Waals surface area contributed by atoms with Gasteiger partial charge in [-0.05, 0) is 51.8 Å². The summed E-state index contributed by atoms with van der Waals surface area (Å²) in [5, 5.41) is 0.262. The Hall–Kier alpha value is -0.170. The molecule has 2 atom stereocenters. The van der Waals surface area contributed by atoms with Crippen LogP contribution in [-0.2, 0) is 26.1 Å². The van der Waals surface area contributed by atoms with Crippen molar-refractivity contribution in [2.24, 2.45) is 5.92 Å².